The summed E-state index contributed by atoms with van der Waals surface area (Å²) < 4.78 is 67.2. The van der Waals surface area contributed by atoms with E-state index in [2.05, 4.69) is 15.1 Å². The Bertz CT molecular complexity index is 906. The fourth-order valence-corrected chi connectivity index (χ4v) is 4.48. The van der Waals surface area contributed by atoms with Crippen LogP contribution in [-0.4, -0.2) is 36.5 Å². The van der Waals surface area contributed by atoms with Gasteiger partial charge in [0.25, 0.3) is 0 Å². The number of sulfonamides is 1. The van der Waals surface area contributed by atoms with Crippen LogP contribution in [0, 0.1) is 5.92 Å². The second-order valence-electron chi connectivity index (χ2n) is 7.30. The molecule has 0 radical (unpaired) electrons. The Labute approximate surface area is 168 Å². The SMILES string of the molecule is CCS(=O)(=O)NC1CCC(CNc2ccc(C(F)(F)F)c(-n3cccn3)c2)CC1. The fourth-order valence-electron chi connectivity index (χ4n) is 3.57. The Kier molecular flexibility index (Phi) is 6.52. The summed E-state index contributed by atoms with van der Waals surface area (Å²) in [5, 5.41) is 7.15. The van der Waals surface area contributed by atoms with Gasteiger partial charge in [-0.25, -0.2) is 17.8 Å². The van der Waals surface area contributed by atoms with Crippen molar-refractivity contribution in [2.24, 2.45) is 5.92 Å². The van der Waals surface area contributed by atoms with Crippen LogP contribution in [0.5, 0.6) is 0 Å². The molecule has 1 aliphatic rings. The van der Waals surface area contributed by atoms with E-state index in [4.69, 9.17) is 0 Å². The van der Waals surface area contributed by atoms with Gasteiger partial charge in [0.1, 0.15) is 0 Å². The zero-order valence-electron chi connectivity index (χ0n) is 16.1. The third-order valence-corrected chi connectivity index (χ3v) is 6.67. The van der Waals surface area contributed by atoms with E-state index in [0.717, 1.165) is 31.7 Å². The van der Waals surface area contributed by atoms with Gasteiger partial charge in [-0.15, -0.1) is 0 Å². The van der Waals surface area contributed by atoms with Crippen LogP contribution in [0.2, 0.25) is 0 Å². The summed E-state index contributed by atoms with van der Waals surface area (Å²) in [6.45, 7) is 2.23. The molecule has 2 N–H and O–H groups in total. The van der Waals surface area contributed by atoms with Gasteiger partial charge in [0.15, 0.2) is 0 Å². The van der Waals surface area contributed by atoms with Gasteiger partial charge in [-0.2, -0.15) is 18.3 Å². The van der Waals surface area contributed by atoms with Gasteiger partial charge in [0.2, 0.25) is 10.0 Å². The van der Waals surface area contributed by atoms with E-state index >= 15 is 0 Å². The van der Waals surface area contributed by atoms with E-state index in [9.17, 15) is 21.6 Å². The number of alkyl halides is 3. The zero-order valence-corrected chi connectivity index (χ0v) is 16.9. The lowest BCUT2D eigenvalue weighted by molar-refractivity contribution is -0.137. The highest BCUT2D eigenvalue weighted by Gasteiger charge is 2.34. The number of nitrogens with one attached hydrogen (secondary N) is 2. The molecule has 10 heteroatoms. The average Bonchev–Trinajstić information content (AvgIpc) is 3.21. The van der Waals surface area contributed by atoms with E-state index < -0.39 is 21.8 Å². The van der Waals surface area contributed by atoms with E-state index in [1.165, 1.54) is 29.2 Å². The van der Waals surface area contributed by atoms with E-state index in [-0.39, 0.29) is 17.5 Å². The van der Waals surface area contributed by atoms with Crippen LogP contribution in [0.3, 0.4) is 0 Å². The van der Waals surface area contributed by atoms with Gasteiger partial charge in [-0.3, -0.25) is 0 Å². The van der Waals surface area contributed by atoms with E-state index in [1.54, 1.807) is 13.0 Å². The molecule has 1 saturated carbocycles. The second kappa shape index (κ2) is 8.74. The summed E-state index contributed by atoms with van der Waals surface area (Å²) in [5.41, 5.74) is -0.169. The van der Waals surface area contributed by atoms with Crippen LogP contribution >= 0.6 is 0 Å². The molecule has 1 aliphatic carbocycles. The molecule has 0 bridgehead atoms. The van der Waals surface area contributed by atoms with Gasteiger partial charge in [0.05, 0.1) is 17.0 Å². The first-order valence-corrected chi connectivity index (χ1v) is 11.3. The lowest BCUT2D eigenvalue weighted by Gasteiger charge is -2.29. The van der Waals surface area contributed by atoms with Crippen LogP contribution in [0.4, 0.5) is 18.9 Å². The van der Waals surface area contributed by atoms with Crippen LogP contribution < -0.4 is 10.0 Å². The van der Waals surface area contributed by atoms with Crippen molar-refractivity contribution in [3.05, 3.63) is 42.2 Å². The van der Waals surface area contributed by atoms with Crippen molar-refractivity contribution in [1.82, 2.24) is 14.5 Å². The molecule has 6 nitrogen and oxygen atoms in total. The van der Waals surface area contributed by atoms with Gasteiger partial charge in [0, 0.05) is 30.7 Å². The van der Waals surface area contributed by atoms with Crippen molar-refractivity contribution in [2.45, 2.75) is 44.8 Å². The van der Waals surface area contributed by atoms with Crippen LogP contribution in [0.15, 0.2) is 36.7 Å². The maximum atomic E-state index is 13.3. The molecule has 0 atom stereocenters. The molecule has 160 valence electrons. The van der Waals surface area contributed by atoms with Crippen molar-refractivity contribution >= 4 is 15.7 Å². The number of anilines is 1. The Morgan fingerprint density at radius 1 is 1.21 bits per heavy atom. The molecule has 1 fully saturated rings. The molecular formula is C19H25F3N4O2S. The number of aromatic nitrogens is 2. The summed E-state index contributed by atoms with van der Waals surface area (Å²) >= 11 is 0. The van der Waals surface area contributed by atoms with Gasteiger partial charge in [-0.05, 0) is 62.8 Å². The molecular weight excluding hydrogens is 405 g/mol. The minimum atomic E-state index is -4.47. The predicted octanol–water partition coefficient (Wildman–Crippen LogP) is 3.80. The smallest absolute Gasteiger partial charge is 0.385 e. The van der Waals surface area contributed by atoms with Crippen LogP contribution in [-0.2, 0) is 16.2 Å². The molecule has 29 heavy (non-hydrogen) atoms. The number of rotatable bonds is 7. The zero-order chi connectivity index (χ0) is 21.1. The number of benzene rings is 1. The van der Waals surface area contributed by atoms with Crippen molar-refractivity contribution in [3.8, 4) is 5.69 Å². The fraction of sp³-hybridized carbons (Fsp3) is 0.526. The first-order chi connectivity index (χ1) is 13.7. The van der Waals surface area contributed by atoms with Crippen LogP contribution in [0.1, 0.15) is 38.2 Å². The second-order valence-corrected chi connectivity index (χ2v) is 9.34. The predicted molar refractivity (Wildman–Crippen MR) is 105 cm³/mol. The van der Waals surface area contributed by atoms with Crippen LogP contribution in [0.25, 0.3) is 5.69 Å². The Hall–Kier alpha value is -2.07. The first kappa shape index (κ1) is 21.6. The average molecular weight is 430 g/mol. The maximum absolute atomic E-state index is 13.3. The topological polar surface area (TPSA) is 76.0 Å². The highest BCUT2D eigenvalue weighted by molar-refractivity contribution is 7.89. The normalized spacial score (nSPS) is 20.6. The third-order valence-electron chi connectivity index (χ3n) is 5.22. The molecule has 2 aromatic rings. The molecule has 1 aromatic carbocycles. The molecule has 0 saturated heterocycles. The minimum absolute atomic E-state index is 0.0230. The van der Waals surface area contributed by atoms with E-state index in [0.29, 0.717) is 18.2 Å². The summed E-state index contributed by atoms with van der Waals surface area (Å²) in [7, 11) is -3.20. The molecule has 0 unspecified atom stereocenters. The highest BCUT2D eigenvalue weighted by atomic mass is 32.2. The molecule has 1 heterocycles. The minimum Gasteiger partial charge on any atom is -0.385 e. The first-order valence-electron chi connectivity index (χ1n) is 9.63. The number of hydrogen-bond donors (Lipinski definition) is 2. The number of hydrogen-bond acceptors (Lipinski definition) is 4. The summed E-state index contributed by atoms with van der Waals surface area (Å²) in [6.07, 6.45) is 1.68. The summed E-state index contributed by atoms with van der Waals surface area (Å²) in [4.78, 5) is 0. The Morgan fingerprint density at radius 3 is 2.52 bits per heavy atom. The van der Waals surface area contributed by atoms with E-state index in [1.807, 2.05) is 0 Å². The highest BCUT2D eigenvalue weighted by Crippen LogP contribution is 2.35. The Balaban J connectivity index is 1.61. The number of nitrogens with zero attached hydrogens (tertiary/aromatic N) is 2. The lowest BCUT2D eigenvalue weighted by Crippen LogP contribution is -2.39. The Morgan fingerprint density at radius 2 is 1.93 bits per heavy atom. The summed E-state index contributed by atoms with van der Waals surface area (Å²) in [5.74, 6) is 0.411. The third kappa shape index (κ3) is 5.72. The largest absolute Gasteiger partial charge is 0.418 e. The number of halogens is 3. The van der Waals surface area contributed by atoms with Gasteiger partial charge in [-0.1, -0.05) is 0 Å². The van der Waals surface area contributed by atoms with Crippen molar-refractivity contribution < 1.29 is 21.6 Å². The van der Waals surface area contributed by atoms with Crippen molar-refractivity contribution in [1.29, 1.82) is 0 Å². The molecule has 3 rings (SSSR count). The monoisotopic (exact) mass is 430 g/mol. The summed E-state index contributed by atoms with van der Waals surface area (Å²) in [6, 6.07) is 5.49. The lowest BCUT2D eigenvalue weighted by atomic mass is 9.86. The quantitative estimate of drug-likeness (QED) is 0.701. The molecule has 0 amide bonds. The molecule has 0 spiro atoms. The standard InChI is InChI=1S/C19H25F3N4O2S/c1-2-29(27,28)25-15-6-4-14(5-7-15)13-23-16-8-9-17(19(20,21)22)18(12-16)26-11-3-10-24-26/h3,8-12,14-15,23,25H,2,4-7,13H2,1H3. The van der Waals surface area contributed by atoms with Gasteiger partial charge < -0.3 is 5.32 Å². The van der Waals surface area contributed by atoms with Crippen molar-refractivity contribution in [2.75, 3.05) is 17.6 Å². The molecule has 0 aliphatic heterocycles. The van der Waals surface area contributed by atoms with Gasteiger partial charge >= 0.3 is 6.18 Å². The molecule has 1 aromatic heterocycles. The van der Waals surface area contributed by atoms with Crippen molar-refractivity contribution in [3.63, 3.8) is 0 Å². The maximum Gasteiger partial charge on any atom is 0.418 e.